The third-order valence-electron chi connectivity index (χ3n) is 0.344. The molecule has 0 spiro atoms. The molecule has 4 nitrogen and oxygen atoms in total. The quantitative estimate of drug-likeness (QED) is 0.317. The van der Waals surface area contributed by atoms with Crippen LogP contribution in [0.3, 0.4) is 0 Å². The van der Waals surface area contributed by atoms with Crippen LogP contribution in [0.4, 0.5) is 0 Å². The van der Waals surface area contributed by atoms with Crippen LogP contribution in [0, 0.1) is 0 Å². The molecule has 0 atom stereocenters. The molecule has 0 aromatic rings. The maximum absolute atomic E-state index is 9.96. The minimum atomic E-state index is -1.21. The van der Waals surface area contributed by atoms with Crippen molar-refractivity contribution in [2.75, 3.05) is 0 Å². The lowest BCUT2D eigenvalue weighted by atomic mass is 10.5. The summed E-state index contributed by atoms with van der Waals surface area (Å²) >= 11 is 1.25. The summed E-state index contributed by atoms with van der Waals surface area (Å²) in [5.74, 6) is -2.33. The summed E-state index contributed by atoms with van der Waals surface area (Å²) in [7, 11) is 4.29. The van der Waals surface area contributed by atoms with Crippen LogP contribution in [-0.2, 0) is 17.3 Å². The summed E-state index contributed by atoms with van der Waals surface area (Å²) in [5.41, 5.74) is 0. The molecule has 42 valence electrons. The van der Waals surface area contributed by atoms with E-state index in [0.29, 0.717) is 0 Å². The monoisotopic (exact) mass is 226 g/mol. The van der Waals surface area contributed by atoms with Gasteiger partial charge in [-0.1, -0.05) is 0 Å². The molecular formula is C2BIO4. The lowest BCUT2D eigenvalue weighted by Gasteiger charge is -1.90. The first-order chi connectivity index (χ1) is 3.72. The molecular weight excluding hydrogens is 226 g/mol. The van der Waals surface area contributed by atoms with Crippen LogP contribution in [0.2, 0.25) is 0 Å². The number of carbonyl (C=O) groups is 2. The van der Waals surface area contributed by atoms with Crippen LogP contribution in [0.5, 0.6) is 0 Å². The number of rotatable bonds is 0. The first kappa shape index (κ1) is 7.73. The van der Waals surface area contributed by atoms with Crippen LogP contribution in [0.15, 0.2) is 0 Å². The highest BCUT2D eigenvalue weighted by Crippen LogP contribution is 1.87. The number of hydrogen-bond acceptors (Lipinski definition) is 4. The summed E-state index contributed by atoms with van der Waals surface area (Å²) in [6.45, 7) is 0. The predicted octanol–water partition coefficient (Wildman–Crippen LogP) is -0.494. The van der Waals surface area contributed by atoms with E-state index in [4.69, 9.17) is 0 Å². The van der Waals surface area contributed by atoms with Crippen LogP contribution in [-0.4, -0.2) is 20.0 Å². The Kier molecular flexibility index (Phi) is 3.58. The van der Waals surface area contributed by atoms with Gasteiger partial charge in [-0.2, -0.15) is 0 Å². The van der Waals surface area contributed by atoms with E-state index >= 15 is 0 Å². The van der Waals surface area contributed by atoms with Gasteiger partial charge < -0.3 is 7.72 Å². The molecule has 0 saturated carbocycles. The van der Waals surface area contributed by atoms with Gasteiger partial charge in [0.2, 0.25) is 0 Å². The van der Waals surface area contributed by atoms with Crippen molar-refractivity contribution in [1.29, 1.82) is 0 Å². The fourth-order valence-corrected chi connectivity index (χ4v) is 0.259. The summed E-state index contributed by atoms with van der Waals surface area (Å²) in [5, 5.41) is 0. The summed E-state index contributed by atoms with van der Waals surface area (Å²) in [4.78, 5) is 19.9. The Balaban J connectivity index is 3.64. The van der Waals surface area contributed by atoms with Crippen LogP contribution < -0.4 is 0 Å². The van der Waals surface area contributed by atoms with Crippen molar-refractivity contribution in [2.24, 2.45) is 0 Å². The SMILES string of the molecule is [B]OC(=O)C(=O)OI. The van der Waals surface area contributed by atoms with Crippen molar-refractivity contribution in [3.63, 3.8) is 0 Å². The summed E-state index contributed by atoms with van der Waals surface area (Å²) in [6, 6.07) is 0. The Morgan fingerprint density at radius 3 is 2.00 bits per heavy atom. The number of carbonyl (C=O) groups excluding carboxylic acids is 2. The highest BCUT2D eigenvalue weighted by Gasteiger charge is 2.12. The largest absolute Gasteiger partial charge is 0.535 e. The van der Waals surface area contributed by atoms with E-state index in [0.717, 1.165) is 0 Å². The van der Waals surface area contributed by atoms with Crippen molar-refractivity contribution in [3.8, 4) is 0 Å². The third kappa shape index (κ3) is 2.15. The van der Waals surface area contributed by atoms with Gasteiger partial charge in [0.15, 0.2) is 23.0 Å². The molecule has 0 aromatic carbocycles. The smallest absolute Gasteiger partial charge is 0.425 e. The van der Waals surface area contributed by atoms with Gasteiger partial charge >= 0.3 is 20.0 Å². The van der Waals surface area contributed by atoms with Gasteiger partial charge in [-0.25, -0.2) is 9.59 Å². The molecule has 0 aromatic heterocycles. The molecule has 0 fully saturated rings. The van der Waals surface area contributed by atoms with Crippen LogP contribution >= 0.6 is 23.0 Å². The highest BCUT2D eigenvalue weighted by molar-refractivity contribution is 14.1. The van der Waals surface area contributed by atoms with E-state index in [2.05, 4.69) is 15.8 Å². The summed E-state index contributed by atoms with van der Waals surface area (Å²) in [6.07, 6.45) is 0. The molecule has 0 amide bonds. The van der Waals surface area contributed by atoms with E-state index in [1.807, 2.05) is 0 Å². The van der Waals surface area contributed by atoms with Crippen molar-refractivity contribution >= 4 is 43.0 Å². The molecule has 0 aliphatic rings. The van der Waals surface area contributed by atoms with Gasteiger partial charge in [0, 0.05) is 0 Å². The van der Waals surface area contributed by atoms with Crippen molar-refractivity contribution in [2.45, 2.75) is 0 Å². The second-order valence-electron chi connectivity index (χ2n) is 0.770. The Labute approximate surface area is 60.7 Å². The van der Waals surface area contributed by atoms with Crippen molar-refractivity contribution in [1.82, 2.24) is 0 Å². The van der Waals surface area contributed by atoms with E-state index < -0.39 is 11.9 Å². The lowest BCUT2D eigenvalue weighted by Crippen LogP contribution is -2.15. The molecule has 0 N–H and O–H groups in total. The van der Waals surface area contributed by atoms with Crippen molar-refractivity contribution in [3.05, 3.63) is 0 Å². The zero-order chi connectivity index (χ0) is 6.57. The van der Waals surface area contributed by atoms with E-state index in [9.17, 15) is 9.59 Å². The van der Waals surface area contributed by atoms with E-state index in [1.54, 1.807) is 0 Å². The number of halogens is 1. The first-order valence-electron chi connectivity index (χ1n) is 1.46. The molecule has 0 unspecified atom stereocenters. The predicted molar refractivity (Wildman–Crippen MR) is 32.0 cm³/mol. The molecule has 0 saturated heterocycles. The third-order valence-corrected chi connectivity index (χ3v) is 0.744. The fourth-order valence-electron chi connectivity index (χ4n) is 0.0796. The molecule has 0 aliphatic heterocycles. The Bertz CT molecular complexity index is 98.6. The normalized spacial score (nSPS) is 7.62. The first-order valence-corrected chi connectivity index (χ1v) is 2.34. The van der Waals surface area contributed by atoms with Gasteiger partial charge in [-0.05, 0) is 0 Å². The Morgan fingerprint density at radius 2 is 1.88 bits per heavy atom. The molecule has 0 heterocycles. The number of hydrogen-bond donors (Lipinski definition) is 0. The van der Waals surface area contributed by atoms with Gasteiger partial charge in [0.1, 0.15) is 0 Å². The van der Waals surface area contributed by atoms with E-state index in [1.165, 1.54) is 23.0 Å². The molecule has 8 heavy (non-hydrogen) atoms. The van der Waals surface area contributed by atoms with Gasteiger partial charge in [-0.3, -0.25) is 0 Å². The Hall–Kier alpha value is -0.265. The molecule has 2 radical (unpaired) electrons. The fraction of sp³-hybridized carbons (Fsp3) is 0. The average Bonchev–Trinajstić information content (AvgIpc) is 1.84. The van der Waals surface area contributed by atoms with Gasteiger partial charge in [-0.15, -0.1) is 0 Å². The van der Waals surface area contributed by atoms with Crippen molar-refractivity contribution < 1.29 is 17.3 Å². The molecule has 0 bridgehead atoms. The summed E-state index contributed by atoms with van der Waals surface area (Å²) < 4.78 is 7.36. The van der Waals surface area contributed by atoms with Crippen LogP contribution in [0.1, 0.15) is 0 Å². The second kappa shape index (κ2) is 3.70. The standard InChI is InChI=1S/C2BIO4/c3-7-1(5)2(6)8-4. The highest BCUT2D eigenvalue weighted by atomic mass is 127. The maximum Gasteiger partial charge on any atom is 0.425 e. The Morgan fingerprint density at radius 1 is 1.38 bits per heavy atom. The second-order valence-corrected chi connectivity index (χ2v) is 1.21. The maximum atomic E-state index is 9.96. The topological polar surface area (TPSA) is 52.6 Å². The molecule has 0 rings (SSSR count). The average molecular weight is 226 g/mol. The van der Waals surface area contributed by atoms with Gasteiger partial charge in [0.05, 0.1) is 0 Å². The zero-order valence-electron chi connectivity index (χ0n) is 3.59. The zero-order valence-corrected chi connectivity index (χ0v) is 5.75. The molecule has 6 heteroatoms. The lowest BCUT2D eigenvalue weighted by molar-refractivity contribution is -0.154. The van der Waals surface area contributed by atoms with Gasteiger partial charge in [0.25, 0.3) is 0 Å². The molecule has 0 aliphatic carbocycles. The minimum Gasteiger partial charge on any atom is -0.535 e. The van der Waals surface area contributed by atoms with Crippen LogP contribution in [0.25, 0.3) is 0 Å². The minimum absolute atomic E-state index is 1.12. The van der Waals surface area contributed by atoms with E-state index in [-0.39, 0.29) is 0 Å².